The standard InChI is InChI=1S/C12H17ClN4S2/c1-7(2)5-17-9(4)8(3)14-12(17)18-6-10-11(13)19-16-15-10/h7H,5-6H2,1-4H3. The van der Waals surface area contributed by atoms with E-state index < -0.39 is 0 Å². The SMILES string of the molecule is Cc1nc(SCc2nnsc2Cl)n(CC(C)C)c1C. The fourth-order valence-electron chi connectivity index (χ4n) is 1.73. The molecule has 2 heterocycles. The third-order valence-electron chi connectivity index (χ3n) is 2.82. The molecule has 2 rings (SSSR count). The molecule has 19 heavy (non-hydrogen) atoms. The van der Waals surface area contributed by atoms with Crippen molar-refractivity contribution in [2.45, 2.75) is 45.1 Å². The van der Waals surface area contributed by atoms with Crippen LogP contribution in [0.5, 0.6) is 0 Å². The summed E-state index contributed by atoms with van der Waals surface area (Å²) in [6, 6.07) is 0. The number of thioether (sulfide) groups is 1. The molecule has 0 aliphatic heterocycles. The molecule has 0 N–H and O–H groups in total. The maximum atomic E-state index is 6.02. The van der Waals surface area contributed by atoms with Gasteiger partial charge in [-0.3, -0.25) is 0 Å². The molecule has 0 fully saturated rings. The van der Waals surface area contributed by atoms with E-state index >= 15 is 0 Å². The average molecular weight is 317 g/mol. The van der Waals surface area contributed by atoms with Gasteiger partial charge in [-0.25, -0.2) is 4.98 Å². The first-order chi connectivity index (χ1) is 8.99. The van der Waals surface area contributed by atoms with Crippen molar-refractivity contribution in [1.29, 1.82) is 0 Å². The van der Waals surface area contributed by atoms with E-state index in [4.69, 9.17) is 11.6 Å². The van der Waals surface area contributed by atoms with Crippen LogP contribution in [0.1, 0.15) is 30.9 Å². The highest BCUT2D eigenvalue weighted by molar-refractivity contribution is 7.98. The van der Waals surface area contributed by atoms with Crippen LogP contribution < -0.4 is 0 Å². The Kier molecular flexibility index (Phi) is 4.86. The Labute approximate surface area is 126 Å². The van der Waals surface area contributed by atoms with Crippen LogP contribution in [0.25, 0.3) is 0 Å². The topological polar surface area (TPSA) is 43.6 Å². The van der Waals surface area contributed by atoms with Crippen molar-refractivity contribution in [1.82, 2.24) is 19.1 Å². The van der Waals surface area contributed by atoms with Crippen LogP contribution in [-0.4, -0.2) is 19.1 Å². The molecule has 0 unspecified atom stereocenters. The van der Waals surface area contributed by atoms with Gasteiger partial charge in [0.2, 0.25) is 0 Å². The number of aryl methyl sites for hydroxylation is 1. The van der Waals surface area contributed by atoms with E-state index in [2.05, 4.69) is 39.9 Å². The van der Waals surface area contributed by atoms with E-state index in [-0.39, 0.29) is 0 Å². The number of hydrogen-bond donors (Lipinski definition) is 0. The monoisotopic (exact) mass is 316 g/mol. The number of rotatable bonds is 5. The predicted molar refractivity (Wildman–Crippen MR) is 81.0 cm³/mol. The summed E-state index contributed by atoms with van der Waals surface area (Å²) in [4.78, 5) is 4.63. The predicted octanol–water partition coefficient (Wildman–Crippen LogP) is 3.95. The van der Waals surface area contributed by atoms with Gasteiger partial charge < -0.3 is 4.57 Å². The van der Waals surface area contributed by atoms with E-state index in [0.29, 0.717) is 16.0 Å². The van der Waals surface area contributed by atoms with E-state index in [9.17, 15) is 0 Å². The highest BCUT2D eigenvalue weighted by Gasteiger charge is 2.14. The van der Waals surface area contributed by atoms with Crippen molar-refractivity contribution in [2.24, 2.45) is 5.92 Å². The molecule has 0 atom stereocenters. The Morgan fingerprint density at radius 1 is 1.37 bits per heavy atom. The molecule has 0 bridgehead atoms. The Hall–Kier alpha value is -0.590. The lowest BCUT2D eigenvalue weighted by atomic mass is 10.2. The average Bonchev–Trinajstić information content (AvgIpc) is 2.85. The Bertz CT molecular complexity index is 562. The maximum Gasteiger partial charge on any atom is 0.168 e. The molecular formula is C12H17ClN4S2. The van der Waals surface area contributed by atoms with E-state index in [1.54, 1.807) is 11.8 Å². The summed E-state index contributed by atoms with van der Waals surface area (Å²) in [5.41, 5.74) is 3.16. The highest BCUT2D eigenvalue weighted by atomic mass is 35.5. The van der Waals surface area contributed by atoms with Gasteiger partial charge in [0.15, 0.2) is 5.16 Å². The number of halogens is 1. The molecule has 0 radical (unpaired) electrons. The van der Waals surface area contributed by atoms with Gasteiger partial charge >= 0.3 is 0 Å². The quantitative estimate of drug-likeness (QED) is 0.783. The van der Waals surface area contributed by atoms with Crippen LogP contribution in [-0.2, 0) is 12.3 Å². The molecular weight excluding hydrogens is 300 g/mol. The molecule has 0 saturated carbocycles. The summed E-state index contributed by atoms with van der Waals surface area (Å²) in [5, 5.41) is 5.06. The molecule has 7 heteroatoms. The molecule has 2 aromatic heterocycles. The Morgan fingerprint density at radius 3 is 2.68 bits per heavy atom. The van der Waals surface area contributed by atoms with Crippen molar-refractivity contribution in [3.63, 3.8) is 0 Å². The second kappa shape index (κ2) is 6.24. The molecule has 2 aromatic rings. The van der Waals surface area contributed by atoms with Crippen molar-refractivity contribution in [3.05, 3.63) is 21.4 Å². The summed E-state index contributed by atoms with van der Waals surface area (Å²) in [6.45, 7) is 9.58. The van der Waals surface area contributed by atoms with Gasteiger partial charge in [0.05, 0.1) is 5.69 Å². The minimum absolute atomic E-state index is 0.594. The normalized spacial score (nSPS) is 11.5. The molecule has 0 amide bonds. The zero-order valence-corrected chi connectivity index (χ0v) is 13.9. The van der Waals surface area contributed by atoms with Crippen LogP contribution in [0, 0.1) is 19.8 Å². The lowest BCUT2D eigenvalue weighted by Gasteiger charge is -2.11. The maximum absolute atomic E-state index is 6.02. The summed E-state index contributed by atoms with van der Waals surface area (Å²) in [6.07, 6.45) is 0. The van der Waals surface area contributed by atoms with Crippen molar-refractivity contribution in [3.8, 4) is 0 Å². The van der Waals surface area contributed by atoms with Gasteiger partial charge in [-0.2, -0.15) is 0 Å². The fraction of sp³-hybridized carbons (Fsp3) is 0.583. The van der Waals surface area contributed by atoms with Gasteiger partial charge in [-0.1, -0.05) is 41.7 Å². The van der Waals surface area contributed by atoms with Gasteiger partial charge in [0.25, 0.3) is 0 Å². The van der Waals surface area contributed by atoms with Crippen LogP contribution >= 0.6 is 34.9 Å². The van der Waals surface area contributed by atoms with Crippen LogP contribution in [0.4, 0.5) is 0 Å². The minimum atomic E-state index is 0.594. The summed E-state index contributed by atoms with van der Waals surface area (Å²) in [7, 11) is 0. The third-order valence-corrected chi connectivity index (χ3v) is 4.79. The fourth-order valence-corrected chi connectivity index (χ4v) is 3.56. The first-order valence-corrected chi connectivity index (χ1v) is 8.26. The molecule has 0 aliphatic carbocycles. The number of imidazole rings is 1. The van der Waals surface area contributed by atoms with Gasteiger partial charge in [0, 0.05) is 29.5 Å². The Balaban J connectivity index is 2.15. The second-order valence-corrected chi connectivity index (χ2v) is 7.15. The van der Waals surface area contributed by atoms with E-state index in [1.165, 1.54) is 17.2 Å². The first kappa shape index (κ1) is 14.8. The van der Waals surface area contributed by atoms with Crippen molar-refractivity contribution < 1.29 is 0 Å². The Morgan fingerprint density at radius 2 is 2.11 bits per heavy atom. The molecule has 104 valence electrons. The molecule has 0 spiro atoms. The van der Waals surface area contributed by atoms with Crippen molar-refractivity contribution in [2.75, 3.05) is 0 Å². The zero-order chi connectivity index (χ0) is 14.0. The van der Waals surface area contributed by atoms with Gasteiger partial charge in [0.1, 0.15) is 10.0 Å². The number of hydrogen-bond acceptors (Lipinski definition) is 5. The second-order valence-electron chi connectivity index (χ2n) is 4.85. The number of nitrogens with zero attached hydrogens (tertiary/aromatic N) is 4. The minimum Gasteiger partial charge on any atom is -0.323 e. The summed E-state index contributed by atoms with van der Waals surface area (Å²) in [5.74, 6) is 1.31. The van der Waals surface area contributed by atoms with E-state index in [0.717, 1.165) is 23.1 Å². The third kappa shape index (κ3) is 3.49. The molecule has 4 nitrogen and oxygen atoms in total. The lowest BCUT2D eigenvalue weighted by molar-refractivity contribution is 0.486. The first-order valence-electron chi connectivity index (χ1n) is 6.12. The molecule has 0 aromatic carbocycles. The van der Waals surface area contributed by atoms with Gasteiger partial charge in [-0.05, 0) is 19.8 Å². The smallest absolute Gasteiger partial charge is 0.168 e. The van der Waals surface area contributed by atoms with Crippen LogP contribution in [0.2, 0.25) is 4.34 Å². The summed E-state index contributed by atoms with van der Waals surface area (Å²) >= 11 is 8.91. The van der Waals surface area contributed by atoms with Crippen molar-refractivity contribution >= 4 is 34.9 Å². The number of aromatic nitrogens is 4. The molecule has 0 saturated heterocycles. The zero-order valence-electron chi connectivity index (χ0n) is 11.5. The summed E-state index contributed by atoms with van der Waals surface area (Å²) < 4.78 is 6.79. The van der Waals surface area contributed by atoms with Crippen LogP contribution in [0.15, 0.2) is 5.16 Å². The van der Waals surface area contributed by atoms with Crippen LogP contribution in [0.3, 0.4) is 0 Å². The van der Waals surface area contributed by atoms with E-state index in [1.807, 2.05) is 6.92 Å². The van der Waals surface area contributed by atoms with Gasteiger partial charge in [-0.15, -0.1) is 5.10 Å². The molecule has 0 aliphatic rings. The highest BCUT2D eigenvalue weighted by Crippen LogP contribution is 2.28. The largest absolute Gasteiger partial charge is 0.323 e. The lowest BCUT2D eigenvalue weighted by Crippen LogP contribution is -2.07.